The molecule has 0 heterocycles. The molecule has 1 atom stereocenters. The van der Waals surface area contributed by atoms with Gasteiger partial charge in [0.05, 0.1) is 0 Å². The molecule has 1 aromatic carbocycles. The Balaban J connectivity index is 2.05. The average Bonchev–Trinajstić information content (AvgIpc) is 2.40. The van der Waals surface area contributed by atoms with Crippen LogP contribution in [0.4, 0.5) is 0 Å². The van der Waals surface area contributed by atoms with Crippen molar-refractivity contribution in [3.05, 3.63) is 35.9 Å². The number of carbonyl (C=O) groups excluding carboxylic acids is 1. The number of hydrogen-bond acceptors (Lipinski definition) is 3. The van der Waals surface area contributed by atoms with Crippen LogP contribution in [-0.2, 0) is 4.79 Å². The quantitative estimate of drug-likeness (QED) is 0.815. The van der Waals surface area contributed by atoms with Crippen molar-refractivity contribution >= 4 is 5.91 Å². The van der Waals surface area contributed by atoms with E-state index in [1.807, 2.05) is 35.2 Å². The first kappa shape index (κ1) is 14.0. The van der Waals surface area contributed by atoms with Gasteiger partial charge in [-0.15, -0.1) is 0 Å². The maximum atomic E-state index is 12.5. The fourth-order valence-electron chi connectivity index (χ4n) is 2.39. The SMILES string of the molecule is N[C@@H](C(=O)N(CCCO)C1CCC1)c1ccccc1. The highest BCUT2D eigenvalue weighted by molar-refractivity contribution is 5.83. The molecule has 0 spiro atoms. The number of nitrogens with two attached hydrogens (primary N) is 1. The zero-order chi connectivity index (χ0) is 13.7. The summed E-state index contributed by atoms with van der Waals surface area (Å²) in [5, 5.41) is 8.96. The van der Waals surface area contributed by atoms with E-state index in [0.717, 1.165) is 18.4 Å². The lowest BCUT2D eigenvalue weighted by Gasteiger charge is -2.39. The van der Waals surface area contributed by atoms with Crippen molar-refractivity contribution in [2.45, 2.75) is 37.8 Å². The van der Waals surface area contributed by atoms with E-state index in [2.05, 4.69) is 0 Å². The Morgan fingerprint density at radius 3 is 2.58 bits per heavy atom. The van der Waals surface area contributed by atoms with Gasteiger partial charge in [0, 0.05) is 19.2 Å². The Morgan fingerprint density at radius 1 is 1.37 bits per heavy atom. The fourth-order valence-corrected chi connectivity index (χ4v) is 2.39. The Hall–Kier alpha value is -1.39. The largest absolute Gasteiger partial charge is 0.396 e. The van der Waals surface area contributed by atoms with E-state index in [4.69, 9.17) is 10.8 Å². The van der Waals surface area contributed by atoms with Gasteiger partial charge in [-0.25, -0.2) is 0 Å². The van der Waals surface area contributed by atoms with E-state index >= 15 is 0 Å². The molecule has 104 valence electrons. The molecule has 3 N–H and O–H groups in total. The van der Waals surface area contributed by atoms with Crippen molar-refractivity contribution < 1.29 is 9.90 Å². The van der Waals surface area contributed by atoms with Gasteiger partial charge < -0.3 is 15.7 Å². The first-order valence-corrected chi connectivity index (χ1v) is 6.96. The maximum absolute atomic E-state index is 12.5. The lowest BCUT2D eigenvalue weighted by molar-refractivity contribution is -0.137. The van der Waals surface area contributed by atoms with Crippen LogP contribution in [0.25, 0.3) is 0 Å². The maximum Gasteiger partial charge on any atom is 0.244 e. The van der Waals surface area contributed by atoms with Crippen molar-refractivity contribution in [3.8, 4) is 0 Å². The van der Waals surface area contributed by atoms with Crippen LogP contribution in [-0.4, -0.2) is 35.1 Å². The van der Waals surface area contributed by atoms with Crippen molar-refractivity contribution in [1.82, 2.24) is 4.90 Å². The third-order valence-corrected chi connectivity index (χ3v) is 3.78. The van der Waals surface area contributed by atoms with Crippen molar-refractivity contribution in [2.24, 2.45) is 5.73 Å². The lowest BCUT2D eigenvalue weighted by atomic mass is 9.90. The summed E-state index contributed by atoms with van der Waals surface area (Å²) in [6, 6.07) is 9.18. The second kappa shape index (κ2) is 6.68. The summed E-state index contributed by atoms with van der Waals surface area (Å²) in [7, 11) is 0. The van der Waals surface area contributed by atoms with Gasteiger partial charge in [-0.2, -0.15) is 0 Å². The molecule has 0 bridgehead atoms. The van der Waals surface area contributed by atoms with Gasteiger partial charge in [-0.1, -0.05) is 30.3 Å². The highest BCUT2D eigenvalue weighted by atomic mass is 16.3. The molecule has 0 saturated heterocycles. The van der Waals surface area contributed by atoms with E-state index in [1.54, 1.807) is 0 Å². The molecule has 1 amide bonds. The molecule has 1 fully saturated rings. The molecule has 0 unspecified atom stereocenters. The third kappa shape index (κ3) is 3.33. The van der Waals surface area contributed by atoms with E-state index in [-0.39, 0.29) is 12.5 Å². The van der Waals surface area contributed by atoms with Crippen LogP contribution in [0.5, 0.6) is 0 Å². The number of amides is 1. The zero-order valence-corrected chi connectivity index (χ0v) is 11.2. The molecule has 1 aromatic rings. The van der Waals surface area contributed by atoms with Crippen LogP contribution >= 0.6 is 0 Å². The van der Waals surface area contributed by atoms with E-state index in [0.29, 0.717) is 19.0 Å². The molecule has 4 heteroatoms. The van der Waals surface area contributed by atoms with E-state index in [1.165, 1.54) is 6.42 Å². The predicted molar refractivity (Wildman–Crippen MR) is 74.4 cm³/mol. The second-order valence-electron chi connectivity index (χ2n) is 5.08. The Labute approximate surface area is 114 Å². The minimum atomic E-state index is -0.597. The summed E-state index contributed by atoms with van der Waals surface area (Å²) in [4.78, 5) is 14.4. The van der Waals surface area contributed by atoms with Crippen LogP contribution < -0.4 is 5.73 Å². The summed E-state index contributed by atoms with van der Waals surface area (Å²) < 4.78 is 0. The van der Waals surface area contributed by atoms with E-state index in [9.17, 15) is 4.79 Å². The number of nitrogens with zero attached hydrogens (tertiary/aromatic N) is 1. The predicted octanol–water partition coefficient (Wildman–Crippen LogP) is 1.45. The number of aliphatic hydroxyl groups excluding tert-OH is 1. The molecule has 1 saturated carbocycles. The Kier molecular flexibility index (Phi) is 4.93. The number of rotatable bonds is 6. The summed E-state index contributed by atoms with van der Waals surface area (Å²) >= 11 is 0. The molecule has 1 aliphatic rings. The van der Waals surface area contributed by atoms with E-state index < -0.39 is 6.04 Å². The number of carbonyl (C=O) groups is 1. The lowest BCUT2D eigenvalue weighted by Crippen LogP contribution is -2.48. The monoisotopic (exact) mass is 262 g/mol. The number of benzene rings is 1. The Morgan fingerprint density at radius 2 is 2.05 bits per heavy atom. The molecule has 2 rings (SSSR count). The second-order valence-corrected chi connectivity index (χ2v) is 5.08. The van der Waals surface area contributed by atoms with Crippen LogP contribution in [0.3, 0.4) is 0 Å². The van der Waals surface area contributed by atoms with Gasteiger partial charge >= 0.3 is 0 Å². The first-order valence-electron chi connectivity index (χ1n) is 6.96. The van der Waals surface area contributed by atoms with Crippen LogP contribution in [0, 0.1) is 0 Å². The van der Waals surface area contributed by atoms with Crippen LogP contribution in [0.1, 0.15) is 37.3 Å². The van der Waals surface area contributed by atoms with Gasteiger partial charge in [0.2, 0.25) is 5.91 Å². The molecule has 0 radical (unpaired) electrons. The van der Waals surface area contributed by atoms with Crippen molar-refractivity contribution in [2.75, 3.05) is 13.2 Å². The average molecular weight is 262 g/mol. The molecule has 19 heavy (non-hydrogen) atoms. The van der Waals surface area contributed by atoms with Crippen molar-refractivity contribution in [3.63, 3.8) is 0 Å². The molecule has 0 aliphatic heterocycles. The fraction of sp³-hybridized carbons (Fsp3) is 0.533. The van der Waals surface area contributed by atoms with Gasteiger partial charge in [0.25, 0.3) is 0 Å². The number of hydrogen-bond donors (Lipinski definition) is 2. The highest BCUT2D eigenvalue weighted by Gasteiger charge is 2.31. The summed E-state index contributed by atoms with van der Waals surface area (Å²) in [5.74, 6) is -0.0237. The smallest absolute Gasteiger partial charge is 0.244 e. The number of aliphatic hydroxyl groups is 1. The standard InChI is InChI=1S/C15H22N2O2/c16-14(12-6-2-1-3-7-12)15(19)17(10-5-11-18)13-8-4-9-13/h1-3,6-7,13-14,18H,4-5,8-11,16H2/t14-/m1/s1. The molecular weight excluding hydrogens is 240 g/mol. The zero-order valence-electron chi connectivity index (χ0n) is 11.2. The van der Waals surface area contributed by atoms with Crippen LogP contribution in [0.15, 0.2) is 30.3 Å². The molecule has 1 aliphatic carbocycles. The van der Waals surface area contributed by atoms with Crippen LogP contribution in [0.2, 0.25) is 0 Å². The van der Waals surface area contributed by atoms with Gasteiger partial charge in [0.1, 0.15) is 6.04 Å². The minimum Gasteiger partial charge on any atom is -0.396 e. The molecule has 0 aromatic heterocycles. The minimum absolute atomic E-state index is 0.0237. The summed E-state index contributed by atoms with van der Waals surface area (Å²) in [6.45, 7) is 0.706. The molecular formula is C15H22N2O2. The van der Waals surface area contributed by atoms with Crippen molar-refractivity contribution in [1.29, 1.82) is 0 Å². The third-order valence-electron chi connectivity index (χ3n) is 3.78. The molecule has 4 nitrogen and oxygen atoms in total. The summed E-state index contributed by atoms with van der Waals surface area (Å²) in [5.41, 5.74) is 6.92. The first-order chi connectivity index (χ1) is 9.24. The highest BCUT2D eigenvalue weighted by Crippen LogP contribution is 2.27. The normalized spacial score (nSPS) is 16.7. The van der Waals surface area contributed by atoms with Gasteiger partial charge in [0.15, 0.2) is 0 Å². The van der Waals surface area contributed by atoms with Gasteiger partial charge in [-0.05, 0) is 31.2 Å². The topological polar surface area (TPSA) is 66.6 Å². The summed E-state index contributed by atoms with van der Waals surface area (Å²) in [6.07, 6.45) is 3.90. The van der Waals surface area contributed by atoms with Gasteiger partial charge in [-0.3, -0.25) is 4.79 Å². The Bertz CT molecular complexity index is 404.